The van der Waals surface area contributed by atoms with Crippen LogP contribution in [-0.4, -0.2) is 28.5 Å². The first kappa shape index (κ1) is 15.5. The summed E-state index contributed by atoms with van der Waals surface area (Å²) in [5.74, 6) is 0.867. The van der Waals surface area contributed by atoms with Gasteiger partial charge < -0.3 is 9.26 Å². The first-order chi connectivity index (χ1) is 10.1. The molecule has 0 radical (unpaired) electrons. The molecule has 0 aliphatic carbocycles. The van der Waals surface area contributed by atoms with Crippen LogP contribution in [0.3, 0.4) is 0 Å². The number of thioether (sulfide) groups is 1. The second-order valence-corrected chi connectivity index (χ2v) is 5.85. The van der Waals surface area contributed by atoms with Crippen molar-refractivity contribution in [2.45, 2.75) is 24.3 Å². The van der Waals surface area contributed by atoms with Gasteiger partial charge in [-0.2, -0.15) is 4.98 Å². The first-order valence-electron chi connectivity index (χ1n) is 6.35. The van der Waals surface area contributed by atoms with Crippen LogP contribution in [0.25, 0.3) is 11.5 Å². The van der Waals surface area contributed by atoms with E-state index >= 15 is 0 Å². The van der Waals surface area contributed by atoms with Crippen LogP contribution in [0.15, 0.2) is 28.8 Å². The van der Waals surface area contributed by atoms with Crippen LogP contribution >= 0.6 is 11.8 Å². The number of ether oxygens (including phenoxy) is 1. The number of carbonyl (C=O) groups is 1. The highest BCUT2D eigenvalue weighted by molar-refractivity contribution is 7.99. The number of carbonyl (C=O) groups excluding carboxylic acids is 1. The Balaban J connectivity index is 1.91. The van der Waals surface area contributed by atoms with E-state index in [2.05, 4.69) is 14.9 Å². The molecule has 0 saturated heterocycles. The van der Waals surface area contributed by atoms with Gasteiger partial charge in [-0.3, -0.25) is 4.79 Å². The van der Waals surface area contributed by atoms with Crippen molar-refractivity contribution in [3.63, 3.8) is 0 Å². The van der Waals surface area contributed by atoms with Crippen LogP contribution in [0, 0.1) is 5.82 Å². The summed E-state index contributed by atoms with van der Waals surface area (Å²) in [5.41, 5.74) is 0.669. The van der Waals surface area contributed by atoms with Crippen molar-refractivity contribution in [2.24, 2.45) is 0 Å². The van der Waals surface area contributed by atoms with Crippen LogP contribution < -0.4 is 0 Å². The van der Waals surface area contributed by atoms with E-state index in [0.29, 0.717) is 29.5 Å². The first-order valence-corrected chi connectivity index (χ1v) is 7.40. The molecule has 1 aromatic carbocycles. The summed E-state index contributed by atoms with van der Waals surface area (Å²) in [4.78, 5) is 15.4. The predicted molar refractivity (Wildman–Crippen MR) is 77.1 cm³/mol. The van der Waals surface area contributed by atoms with Crippen molar-refractivity contribution in [1.29, 1.82) is 0 Å². The van der Waals surface area contributed by atoms with Gasteiger partial charge in [-0.1, -0.05) is 12.1 Å². The second-order valence-electron chi connectivity index (χ2n) is 4.42. The minimum absolute atomic E-state index is 0.102. The third-order valence-corrected chi connectivity index (χ3v) is 3.90. The van der Waals surface area contributed by atoms with Crippen LogP contribution in [0.2, 0.25) is 0 Å². The summed E-state index contributed by atoms with van der Waals surface area (Å²) in [6, 6.07) is 5.85. The number of halogens is 1. The zero-order chi connectivity index (χ0) is 15.2. The highest BCUT2D eigenvalue weighted by Crippen LogP contribution is 2.22. The minimum atomic E-state index is -0.314. The summed E-state index contributed by atoms with van der Waals surface area (Å²) >= 11 is 1.54. The van der Waals surface area contributed by atoms with Crippen molar-refractivity contribution in [3.8, 4) is 11.5 Å². The molecule has 1 aromatic heterocycles. The summed E-state index contributed by atoms with van der Waals surface area (Å²) in [7, 11) is 1.37. The fourth-order valence-electron chi connectivity index (χ4n) is 1.62. The van der Waals surface area contributed by atoms with Gasteiger partial charge in [-0.15, -0.1) is 11.8 Å². The maximum atomic E-state index is 12.8. The highest BCUT2D eigenvalue weighted by Gasteiger charge is 2.13. The molecule has 2 rings (SSSR count). The average molecular weight is 310 g/mol. The Labute approximate surface area is 125 Å². The van der Waals surface area contributed by atoms with Gasteiger partial charge in [-0.25, -0.2) is 4.39 Å². The molecule has 1 atom stereocenters. The van der Waals surface area contributed by atoms with Crippen molar-refractivity contribution >= 4 is 17.7 Å². The van der Waals surface area contributed by atoms with E-state index in [0.717, 1.165) is 0 Å². The lowest BCUT2D eigenvalue weighted by Crippen LogP contribution is -2.08. The van der Waals surface area contributed by atoms with E-state index in [4.69, 9.17) is 4.52 Å². The smallest absolute Gasteiger partial charge is 0.306 e. The number of rotatable bonds is 6. The normalized spacial score (nSPS) is 12.1. The Kier molecular flexibility index (Phi) is 5.32. The van der Waals surface area contributed by atoms with Crippen LogP contribution in [0.4, 0.5) is 4.39 Å². The van der Waals surface area contributed by atoms with Gasteiger partial charge in [0.25, 0.3) is 5.89 Å². The van der Waals surface area contributed by atoms with E-state index in [1.54, 1.807) is 12.1 Å². The average Bonchev–Trinajstić information content (AvgIpc) is 2.94. The summed E-state index contributed by atoms with van der Waals surface area (Å²) in [6.07, 6.45) is 0.337. The van der Waals surface area contributed by atoms with E-state index in [9.17, 15) is 9.18 Å². The standard InChI is InChI=1S/C14H15FN2O3S/c1-9(7-13(18)19-2)21-8-12-16-14(20-17-12)10-3-5-11(15)6-4-10/h3-6,9H,7-8H2,1-2H3/t9-/m0/s1. The number of esters is 1. The topological polar surface area (TPSA) is 65.2 Å². The predicted octanol–water partition coefficient (Wildman–Crippen LogP) is 3.06. The molecule has 0 fully saturated rings. The molecule has 0 saturated carbocycles. The molecule has 1 heterocycles. The van der Waals surface area contributed by atoms with Crippen molar-refractivity contribution in [2.75, 3.05) is 7.11 Å². The lowest BCUT2D eigenvalue weighted by molar-refractivity contribution is -0.140. The van der Waals surface area contributed by atoms with Crippen LogP contribution in [0.1, 0.15) is 19.2 Å². The number of aromatic nitrogens is 2. The van der Waals surface area contributed by atoms with Gasteiger partial charge in [0.15, 0.2) is 5.82 Å². The van der Waals surface area contributed by atoms with Crippen molar-refractivity contribution in [3.05, 3.63) is 35.9 Å². The van der Waals surface area contributed by atoms with Gasteiger partial charge in [-0.05, 0) is 24.3 Å². The molecule has 0 N–H and O–H groups in total. The third-order valence-electron chi connectivity index (χ3n) is 2.74. The summed E-state index contributed by atoms with van der Waals surface area (Å²) in [6.45, 7) is 1.93. The highest BCUT2D eigenvalue weighted by atomic mass is 32.2. The van der Waals surface area contributed by atoms with Gasteiger partial charge in [0, 0.05) is 10.8 Å². The molecule has 0 amide bonds. The minimum Gasteiger partial charge on any atom is -0.469 e. The van der Waals surface area contributed by atoms with E-state index in [1.807, 2.05) is 6.92 Å². The summed E-state index contributed by atoms with van der Waals surface area (Å²) in [5, 5.41) is 3.97. The van der Waals surface area contributed by atoms with Gasteiger partial charge in [0.1, 0.15) is 5.82 Å². The van der Waals surface area contributed by atoms with E-state index in [1.165, 1.54) is 31.0 Å². The van der Waals surface area contributed by atoms with Crippen molar-refractivity contribution < 1.29 is 18.4 Å². The Morgan fingerprint density at radius 2 is 2.14 bits per heavy atom. The zero-order valence-corrected chi connectivity index (χ0v) is 12.5. The summed E-state index contributed by atoms with van der Waals surface area (Å²) < 4.78 is 22.6. The Morgan fingerprint density at radius 1 is 1.43 bits per heavy atom. The third kappa shape index (κ3) is 4.56. The van der Waals surface area contributed by atoms with Gasteiger partial charge in [0.2, 0.25) is 0 Å². The number of hydrogen-bond donors (Lipinski definition) is 0. The largest absolute Gasteiger partial charge is 0.469 e. The van der Waals surface area contributed by atoms with E-state index < -0.39 is 0 Å². The van der Waals surface area contributed by atoms with Crippen LogP contribution in [0.5, 0.6) is 0 Å². The fraction of sp³-hybridized carbons (Fsp3) is 0.357. The molecule has 0 unspecified atom stereocenters. The monoisotopic (exact) mass is 310 g/mol. The molecule has 2 aromatic rings. The molecule has 0 aliphatic rings. The molecular weight excluding hydrogens is 295 g/mol. The Bertz CT molecular complexity index is 601. The SMILES string of the molecule is COC(=O)C[C@H](C)SCc1noc(-c2ccc(F)cc2)n1. The fourth-order valence-corrected chi connectivity index (χ4v) is 2.42. The lowest BCUT2D eigenvalue weighted by Gasteiger charge is -2.07. The lowest BCUT2D eigenvalue weighted by atomic mass is 10.2. The number of methoxy groups -OCH3 is 1. The van der Waals surface area contributed by atoms with Gasteiger partial charge in [0.05, 0.1) is 19.3 Å². The number of nitrogens with zero attached hydrogens (tertiary/aromatic N) is 2. The molecule has 5 nitrogen and oxygen atoms in total. The molecule has 0 aliphatic heterocycles. The second kappa shape index (κ2) is 7.21. The Morgan fingerprint density at radius 3 is 2.81 bits per heavy atom. The molecule has 7 heteroatoms. The quantitative estimate of drug-likeness (QED) is 0.764. The molecule has 112 valence electrons. The molecule has 0 spiro atoms. The molecular formula is C14H15FN2O3S. The van der Waals surface area contributed by atoms with Crippen LogP contribution in [-0.2, 0) is 15.3 Å². The maximum absolute atomic E-state index is 12.8. The molecule has 0 bridgehead atoms. The van der Waals surface area contributed by atoms with Gasteiger partial charge >= 0.3 is 5.97 Å². The molecule has 21 heavy (non-hydrogen) atoms. The van der Waals surface area contributed by atoms with Crippen molar-refractivity contribution in [1.82, 2.24) is 10.1 Å². The maximum Gasteiger partial charge on any atom is 0.306 e. The number of benzene rings is 1. The van der Waals surface area contributed by atoms with E-state index in [-0.39, 0.29) is 17.0 Å². The Hall–Kier alpha value is -1.89. The zero-order valence-electron chi connectivity index (χ0n) is 11.7. The number of hydrogen-bond acceptors (Lipinski definition) is 6.